The van der Waals surface area contributed by atoms with Crippen LogP contribution in [-0.4, -0.2) is 39.6 Å². The molecule has 0 unspecified atom stereocenters. The summed E-state index contributed by atoms with van der Waals surface area (Å²) in [7, 11) is 0. The number of aromatic nitrogens is 2. The van der Waals surface area contributed by atoms with Crippen molar-refractivity contribution in [1.82, 2.24) is 20.2 Å². The van der Waals surface area contributed by atoms with Gasteiger partial charge in [-0.05, 0) is 38.2 Å². The SMILES string of the molecule is CCNC(=NCc1cccc(Cn2ccnc2)c1)NCC(C)(C)SC. The Morgan fingerprint density at radius 2 is 2.08 bits per heavy atom. The van der Waals surface area contributed by atoms with Crippen LogP contribution in [0.4, 0.5) is 0 Å². The standard InChI is InChI=1S/C19H29N5S/c1-5-21-18(23-14-19(2,3)25-4)22-12-16-7-6-8-17(11-16)13-24-10-9-20-15-24/h6-11,15H,5,12-14H2,1-4H3,(H2,21,22,23). The molecule has 1 heterocycles. The van der Waals surface area contributed by atoms with Crippen molar-refractivity contribution in [3.63, 3.8) is 0 Å². The van der Waals surface area contributed by atoms with Crippen molar-refractivity contribution in [3.8, 4) is 0 Å². The highest BCUT2D eigenvalue weighted by molar-refractivity contribution is 7.99. The number of thioether (sulfide) groups is 1. The van der Waals surface area contributed by atoms with E-state index in [1.54, 1.807) is 6.20 Å². The van der Waals surface area contributed by atoms with Gasteiger partial charge in [-0.2, -0.15) is 11.8 Å². The maximum absolute atomic E-state index is 4.73. The van der Waals surface area contributed by atoms with Crippen molar-refractivity contribution >= 4 is 17.7 Å². The molecule has 2 aromatic rings. The summed E-state index contributed by atoms with van der Waals surface area (Å²) in [5.74, 6) is 0.865. The van der Waals surface area contributed by atoms with Crippen molar-refractivity contribution in [3.05, 3.63) is 54.1 Å². The summed E-state index contributed by atoms with van der Waals surface area (Å²) in [4.78, 5) is 8.82. The van der Waals surface area contributed by atoms with Crippen LogP contribution in [0.25, 0.3) is 0 Å². The van der Waals surface area contributed by atoms with E-state index in [-0.39, 0.29) is 4.75 Å². The molecule has 0 fully saturated rings. The quantitative estimate of drug-likeness (QED) is 0.562. The number of aliphatic imine (C=N–C) groups is 1. The molecular weight excluding hydrogens is 330 g/mol. The second-order valence-electron chi connectivity index (χ2n) is 6.57. The second kappa shape index (κ2) is 9.51. The Labute approximate surface area is 155 Å². The molecule has 5 nitrogen and oxygen atoms in total. The first-order valence-corrected chi connectivity index (χ1v) is 9.86. The lowest BCUT2D eigenvalue weighted by molar-refractivity contribution is 0.665. The minimum absolute atomic E-state index is 0.181. The van der Waals surface area contributed by atoms with Gasteiger partial charge < -0.3 is 15.2 Å². The Balaban J connectivity index is 1.99. The van der Waals surface area contributed by atoms with Crippen LogP contribution in [0.15, 0.2) is 48.0 Å². The van der Waals surface area contributed by atoms with Crippen LogP contribution in [0.2, 0.25) is 0 Å². The Kier molecular flexibility index (Phi) is 7.37. The van der Waals surface area contributed by atoms with E-state index < -0.39 is 0 Å². The van der Waals surface area contributed by atoms with E-state index in [9.17, 15) is 0 Å². The first-order chi connectivity index (χ1) is 12.0. The Morgan fingerprint density at radius 3 is 2.76 bits per heavy atom. The van der Waals surface area contributed by atoms with Crippen molar-refractivity contribution in [2.45, 2.75) is 38.6 Å². The predicted molar refractivity (Wildman–Crippen MR) is 108 cm³/mol. The number of guanidine groups is 1. The molecule has 0 spiro atoms. The van der Waals surface area contributed by atoms with Gasteiger partial charge in [0.05, 0.1) is 12.9 Å². The van der Waals surface area contributed by atoms with Crippen LogP contribution in [-0.2, 0) is 13.1 Å². The number of rotatable bonds is 8. The smallest absolute Gasteiger partial charge is 0.191 e. The Hall–Kier alpha value is -1.95. The summed E-state index contributed by atoms with van der Waals surface area (Å²) in [6, 6.07) is 8.56. The molecule has 0 aliphatic carbocycles. The van der Waals surface area contributed by atoms with Crippen molar-refractivity contribution in [2.24, 2.45) is 4.99 Å². The molecule has 25 heavy (non-hydrogen) atoms. The fourth-order valence-electron chi connectivity index (χ4n) is 2.30. The van der Waals surface area contributed by atoms with Crippen LogP contribution in [0.3, 0.4) is 0 Å². The third kappa shape index (κ3) is 6.82. The summed E-state index contributed by atoms with van der Waals surface area (Å²) in [5.41, 5.74) is 2.46. The molecule has 6 heteroatoms. The van der Waals surface area contributed by atoms with Crippen LogP contribution in [0.1, 0.15) is 31.9 Å². The number of nitrogens with zero attached hydrogens (tertiary/aromatic N) is 3. The lowest BCUT2D eigenvalue weighted by atomic mass is 10.1. The van der Waals surface area contributed by atoms with Crippen molar-refractivity contribution in [1.29, 1.82) is 0 Å². The Bertz CT molecular complexity index is 664. The van der Waals surface area contributed by atoms with Gasteiger partial charge in [-0.1, -0.05) is 24.3 Å². The minimum atomic E-state index is 0.181. The maximum atomic E-state index is 4.73. The minimum Gasteiger partial charge on any atom is -0.357 e. The molecule has 1 aromatic carbocycles. The third-order valence-corrected chi connectivity index (χ3v) is 5.16. The monoisotopic (exact) mass is 359 g/mol. The van der Waals surface area contributed by atoms with Gasteiger partial charge in [-0.3, -0.25) is 0 Å². The van der Waals surface area contributed by atoms with Gasteiger partial charge >= 0.3 is 0 Å². The van der Waals surface area contributed by atoms with E-state index >= 15 is 0 Å². The topological polar surface area (TPSA) is 54.2 Å². The van der Waals surface area contributed by atoms with Gasteiger partial charge in [-0.25, -0.2) is 9.98 Å². The molecule has 1 aromatic heterocycles. The highest BCUT2D eigenvalue weighted by atomic mass is 32.2. The molecule has 0 aliphatic rings. The first kappa shape index (κ1) is 19.4. The maximum Gasteiger partial charge on any atom is 0.191 e. The largest absolute Gasteiger partial charge is 0.357 e. The van der Waals surface area contributed by atoms with Gasteiger partial charge in [0.15, 0.2) is 5.96 Å². The lowest BCUT2D eigenvalue weighted by Gasteiger charge is -2.23. The zero-order valence-corrected chi connectivity index (χ0v) is 16.4. The lowest BCUT2D eigenvalue weighted by Crippen LogP contribution is -2.43. The zero-order chi connectivity index (χ0) is 18.1. The fourth-order valence-corrected chi connectivity index (χ4v) is 2.51. The molecule has 136 valence electrons. The highest BCUT2D eigenvalue weighted by Gasteiger charge is 2.16. The summed E-state index contributed by atoms with van der Waals surface area (Å²) < 4.78 is 2.25. The van der Waals surface area contributed by atoms with Crippen molar-refractivity contribution < 1.29 is 0 Å². The molecule has 0 saturated heterocycles. The number of imidazole rings is 1. The van der Waals surface area contributed by atoms with E-state index in [0.717, 1.165) is 25.6 Å². The average molecular weight is 360 g/mol. The number of nitrogens with one attached hydrogen (secondary N) is 2. The molecule has 0 saturated carbocycles. The second-order valence-corrected chi connectivity index (χ2v) is 8.08. The van der Waals surface area contributed by atoms with E-state index in [2.05, 4.69) is 71.5 Å². The van der Waals surface area contributed by atoms with E-state index in [1.165, 1.54) is 11.1 Å². The molecule has 0 aliphatic heterocycles. The summed E-state index contributed by atoms with van der Waals surface area (Å²) in [6.07, 6.45) is 7.76. The number of hydrogen-bond acceptors (Lipinski definition) is 3. The molecule has 2 rings (SSSR count). The van der Waals surface area contributed by atoms with E-state index in [4.69, 9.17) is 4.99 Å². The average Bonchev–Trinajstić information content (AvgIpc) is 3.11. The van der Waals surface area contributed by atoms with Gasteiger partial charge in [-0.15, -0.1) is 0 Å². The van der Waals surface area contributed by atoms with Gasteiger partial charge in [0, 0.05) is 36.8 Å². The normalized spacial score (nSPS) is 12.2. The van der Waals surface area contributed by atoms with Crippen LogP contribution >= 0.6 is 11.8 Å². The van der Waals surface area contributed by atoms with E-state index in [0.29, 0.717) is 6.54 Å². The molecular formula is C19H29N5S. The summed E-state index contributed by atoms with van der Waals surface area (Å²) >= 11 is 1.85. The van der Waals surface area contributed by atoms with E-state index in [1.807, 2.05) is 24.3 Å². The highest BCUT2D eigenvalue weighted by Crippen LogP contribution is 2.19. The fraction of sp³-hybridized carbons (Fsp3) is 0.474. The number of benzene rings is 1. The zero-order valence-electron chi connectivity index (χ0n) is 15.6. The molecule has 0 amide bonds. The van der Waals surface area contributed by atoms with Gasteiger partial charge in [0.2, 0.25) is 0 Å². The van der Waals surface area contributed by atoms with Crippen LogP contribution < -0.4 is 10.6 Å². The van der Waals surface area contributed by atoms with Gasteiger partial charge in [0.25, 0.3) is 0 Å². The summed E-state index contributed by atoms with van der Waals surface area (Å²) in [5, 5.41) is 6.76. The molecule has 0 radical (unpaired) electrons. The molecule has 2 N–H and O–H groups in total. The number of hydrogen-bond donors (Lipinski definition) is 2. The van der Waals surface area contributed by atoms with Gasteiger partial charge in [0.1, 0.15) is 0 Å². The third-order valence-electron chi connectivity index (χ3n) is 3.91. The van der Waals surface area contributed by atoms with Crippen LogP contribution in [0.5, 0.6) is 0 Å². The Morgan fingerprint density at radius 1 is 1.28 bits per heavy atom. The summed E-state index contributed by atoms with van der Waals surface area (Å²) in [6.45, 7) is 9.77. The predicted octanol–water partition coefficient (Wildman–Crippen LogP) is 3.13. The van der Waals surface area contributed by atoms with Crippen molar-refractivity contribution in [2.75, 3.05) is 19.3 Å². The molecule has 0 atom stereocenters. The first-order valence-electron chi connectivity index (χ1n) is 8.63. The molecule has 0 bridgehead atoms. The van der Waals surface area contributed by atoms with Crippen LogP contribution in [0, 0.1) is 0 Å².